The average Bonchev–Trinajstić information content (AvgIpc) is 2.39. The fourth-order valence-corrected chi connectivity index (χ4v) is 2.20. The Morgan fingerprint density at radius 2 is 2.06 bits per heavy atom. The lowest BCUT2D eigenvalue weighted by atomic mass is 10.1. The van der Waals surface area contributed by atoms with Crippen LogP contribution in [0.3, 0.4) is 0 Å². The van der Waals surface area contributed by atoms with Crippen LogP contribution in [0.1, 0.15) is 45.2 Å². The first-order valence-corrected chi connectivity index (χ1v) is 6.73. The van der Waals surface area contributed by atoms with E-state index in [2.05, 4.69) is 23.7 Å². The van der Waals surface area contributed by atoms with Gasteiger partial charge < -0.3 is 15.7 Å². The third-order valence-electron chi connectivity index (χ3n) is 3.31. The van der Waals surface area contributed by atoms with Gasteiger partial charge in [-0.15, -0.1) is 0 Å². The van der Waals surface area contributed by atoms with E-state index in [9.17, 15) is 5.11 Å². The maximum absolute atomic E-state index is 9.22. The summed E-state index contributed by atoms with van der Waals surface area (Å²) in [6.45, 7) is 7.04. The minimum Gasteiger partial charge on any atom is -0.395 e. The van der Waals surface area contributed by atoms with Crippen molar-refractivity contribution in [3.8, 4) is 0 Å². The molecular weight excluding hydrogens is 226 g/mol. The Bertz CT molecular complexity index is 351. The fraction of sp³-hybridized carbons (Fsp3) is 0.643. The van der Waals surface area contributed by atoms with Crippen molar-refractivity contribution < 1.29 is 5.11 Å². The van der Waals surface area contributed by atoms with Crippen molar-refractivity contribution in [3.63, 3.8) is 0 Å². The molecule has 0 radical (unpaired) electrons. The molecule has 0 aromatic carbocycles. The predicted octanol–water partition coefficient (Wildman–Crippen LogP) is 2.09. The molecule has 0 amide bonds. The molecular formula is C14H25N3O. The fourth-order valence-electron chi connectivity index (χ4n) is 2.20. The summed E-state index contributed by atoms with van der Waals surface area (Å²) in [6.07, 6.45) is 3.88. The van der Waals surface area contributed by atoms with Crippen molar-refractivity contribution >= 4 is 5.82 Å². The molecule has 3 N–H and O–H groups in total. The molecule has 0 aliphatic rings. The molecule has 0 bridgehead atoms. The van der Waals surface area contributed by atoms with Crippen LogP contribution in [0.5, 0.6) is 0 Å². The second kappa shape index (κ2) is 7.34. The summed E-state index contributed by atoms with van der Waals surface area (Å²) in [7, 11) is 0. The van der Waals surface area contributed by atoms with Crippen LogP contribution in [-0.4, -0.2) is 29.3 Å². The number of hydrogen-bond donors (Lipinski definition) is 2. The van der Waals surface area contributed by atoms with Crippen LogP contribution < -0.4 is 10.6 Å². The summed E-state index contributed by atoms with van der Waals surface area (Å²) >= 11 is 0. The van der Waals surface area contributed by atoms with E-state index in [1.165, 1.54) is 0 Å². The first-order valence-electron chi connectivity index (χ1n) is 6.73. The largest absolute Gasteiger partial charge is 0.395 e. The zero-order valence-electron chi connectivity index (χ0n) is 11.6. The zero-order chi connectivity index (χ0) is 13.5. The highest BCUT2D eigenvalue weighted by Gasteiger charge is 2.17. The van der Waals surface area contributed by atoms with Gasteiger partial charge in [-0.2, -0.15) is 0 Å². The van der Waals surface area contributed by atoms with Crippen LogP contribution >= 0.6 is 0 Å². The summed E-state index contributed by atoms with van der Waals surface area (Å²) in [6, 6.07) is 4.38. The summed E-state index contributed by atoms with van der Waals surface area (Å²) in [5.41, 5.74) is 6.98. The molecule has 0 aliphatic heterocycles. The molecule has 1 rings (SSSR count). The highest BCUT2D eigenvalue weighted by Crippen LogP contribution is 2.21. The van der Waals surface area contributed by atoms with E-state index in [4.69, 9.17) is 5.73 Å². The van der Waals surface area contributed by atoms with E-state index in [0.717, 1.165) is 24.2 Å². The van der Waals surface area contributed by atoms with Crippen molar-refractivity contribution in [2.45, 2.75) is 45.7 Å². The molecule has 4 heteroatoms. The maximum Gasteiger partial charge on any atom is 0.129 e. The van der Waals surface area contributed by atoms with Crippen molar-refractivity contribution in [3.05, 3.63) is 23.9 Å². The van der Waals surface area contributed by atoms with E-state index in [-0.39, 0.29) is 12.6 Å². The van der Waals surface area contributed by atoms with Gasteiger partial charge in [0, 0.05) is 24.8 Å². The van der Waals surface area contributed by atoms with E-state index in [1.54, 1.807) is 6.20 Å². The number of aliphatic hydroxyl groups is 1. The van der Waals surface area contributed by atoms with E-state index in [0.29, 0.717) is 12.6 Å². The van der Waals surface area contributed by atoms with Crippen LogP contribution in [-0.2, 0) is 0 Å². The predicted molar refractivity (Wildman–Crippen MR) is 75.6 cm³/mol. The Morgan fingerprint density at radius 3 is 2.56 bits per heavy atom. The van der Waals surface area contributed by atoms with E-state index < -0.39 is 0 Å². The molecule has 1 aromatic heterocycles. The molecule has 18 heavy (non-hydrogen) atoms. The van der Waals surface area contributed by atoms with Gasteiger partial charge in [0.2, 0.25) is 0 Å². The van der Waals surface area contributed by atoms with Gasteiger partial charge in [0.25, 0.3) is 0 Å². The lowest BCUT2D eigenvalue weighted by molar-refractivity contribution is 0.295. The Labute approximate surface area is 110 Å². The zero-order valence-corrected chi connectivity index (χ0v) is 11.6. The molecule has 1 atom stereocenters. The van der Waals surface area contributed by atoms with Gasteiger partial charge in [0.15, 0.2) is 0 Å². The summed E-state index contributed by atoms with van der Waals surface area (Å²) < 4.78 is 0. The third-order valence-corrected chi connectivity index (χ3v) is 3.31. The number of rotatable bonds is 7. The monoisotopic (exact) mass is 251 g/mol. The molecule has 102 valence electrons. The van der Waals surface area contributed by atoms with Gasteiger partial charge in [0.1, 0.15) is 5.82 Å². The Kier molecular flexibility index (Phi) is 6.09. The number of aliphatic hydroxyl groups excluding tert-OH is 1. The van der Waals surface area contributed by atoms with Crippen molar-refractivity contribution in [2.24, 2.45) is 5.73 Å². The lowest BCUT2D eigenvalue weighted by Gasteiger charge is -2.31. The molecule has 4 nitrogen and oxygen atoms in total. The summed E-state index contributed by atoms with van der Waals surface area (Å²) in [5.74, 6) is 0.910. The number of anilines is 1. The van der Waals surface area contributed by atoms with E-state index in [1.807, 2.05) is 19.1 Å². The number of aromatic nitrogens is 1. The van der Waals surface area contributed by atoms with Gasteiger partial charge in [-0.3, -0.25) is 0 Å². The quantitative estimate of drug-likeness (QED) is 0.779. The average molecular weight is 251 g/mol. The number of pyridine rings is 1. The van der Waals surface area contributed by atoms with Crippen LogP contribution in [0, 0.1) is 0 Å². The summed E-state index contributed by atoms with van der Waals surface area (Å²) in [5, 5.41) is 9.22. The topological polar surface area (TPSA) is 62.4 Å². The van der Waals surface area contributed by atoms with Gasteiger partial charge in [-0.1, -0.05) is 13.8 Å². The van der Waals surface area contributed by atoms with Crippen molar-refractivity contribution in [2.75, 3.05) is 18.1 Å². The molecule has 0 unspecified atom stereocenters. The van der Waals surface area contributed by atoms with Crippen molar-refractivity contribution in [1.29, 1.82) is 0 Å². The SMILES string of the molecule is CCC(CC)N(CCO)c1cc([C@@H](C)N)ccn1. The lowest BCUT2D eigenvalue weighted by Crippen LogP contribution is -2.37. The number of nitrogens with two attached hydrogens (primary N) is 1. The van der Waals surface area contributed by atoms with Crippen LogP contribution in [0.4, 0.5) is 5.82 Å². The Hall–Kier alpha value is -1.13. The second-order valence-corrected chi connectivity index (χ2v) is 4.62. The third kappa shape index (κ3) is 3.68. The number of nitrogens with zero attached hydrogens (tertiary/aromatic N) is 2. The highest BCUT2D eigenvalue weighted by molar-refractivity contribution is 5.43. The van der Waals surface area contributed by atoms with Gasteiger partial charge in [-0.25, -0.2) is 4.98 Å². The normalized spacial score (nSPS) is 12.8. The Morgan fingerprint density at radius 1 is 1.39 bits per heavy atom. The molecule has 0 fully saturated rings. The van der Waals surface area contributed by atoms with Gasteiger partial charge in [0.05, 0.1) is 6.61 Å². The molecule has 1 aromatic rings. The Balaban J connectivity index is 3.00. The minimum absolute atomic E-state index is 0.00410. The van der Waals surface area contributed by atoms with Crippen LogP contribution in [0.2, 0.25) is 0 Å². The summed E-state index contributed by atoms with van der Waals surface area (Å²) in [4.78, 5) is 6.59. The molecule has 0 saturated heterocycles. The van der Waals surface area contributed by atoms with Crippen LogP contribution in [0.25, 0.3) is 0 Å². The molecule has 0 spiro atoms. The second-order valence-electron chi connectivity index (χ2n) is 4.62. The minimum atomic E-state index is 0.00410. The first kappa shape index (κ1) is 14.9. The molecule has 0 saturated carbocycles. The van der Waals surface area contributed by atoms with E-state index >= 15 is 0 Å². The smallest absolute Gasteiger partial charge is 0.129 e. The first-order chi connectivity index (χ1) is 8.63. The highest BCUT2D eigenvalue weighted by atomic mass is 16.3. The van der Waals surface area contributed by atoms with Gasteiger partial charge in [-0.05, 0) is 37.5 Å². The van der Waals surface area contributed by atoms with Crippen LogP contribution in [0.15, 0.2) is 18.3 Å². The molecule has 0 aliphatic carbocycles. The number of hydrogen-bond acceptors (Lipinski definition) is 4. The maximum atomic E-state index is 9.22. The molecule has 1 heterocycles. The van der Waals surface area contributed by atoms with Crippen molar-refractivity contribution in [1.82, 2.24) is 4.98 Å². The van der Waals surface area contributed by atoms with Gasteiger partial charge >= 0.3 is 0 Å². The standard InChI is InChI=1S/C14H25N3O/c1-4-13(5-2)17(8-9-18)14-10-12(11(3)15)6-7-16-14/h6-7,10-11,13,18H,4-5,8-9,15H2,1-3H3/t11-/m1/s1.